The van der Waals surface area contributed by atoms with Crippen LogP contribution in [0.2, 0.25) is 0 Å². The van der Waals surface area contributed by atoms with E-state index in [0.717, 1.165) is 25.1 Å². The SMILES string of the molecule is CCCCNC(=O)CN1CCN(C(=O)c2ccc(OCCOc3ccccc3)c(OCC)c2)CC1. The van der Waals surface area contributed by atoms with E-state index >= 15 is 0 Å². The van der Waals surface area contributed by atoms with Crippen LogP contribution in [0.4, 0.5) is 0 Å². The summed E-state index contributed by atoms with van der Waals surface area (Å²) in [6.07, 6.45) is 2.05. The molecule has 1 N–H and O–H groups in total. The summed E-state index contributed by atoms with van der Waals surface area (Å²) in [7, 11) is 0. The molecule has 2 aromatic rings. The second-order valence-corrected chi connectivity index (χ2v) is 8.38. The van der Waals surface area contributed by atoms with Crippen LogP contribution in [0.5, 0.6) is 17.2 Å². The van der Waals surface area contributed by atoms with Crippen molar-refractivity contribution in [1.29, 1.82) is 0 Å². The van der Waals surface area contributed by atoms with Crippen molar-refractivity contribution in [2.45, 2.75) is 26.7 Å². The number of ether oxygens (including phenoxy) is 3. The van der Waals surface area contributed by atoms with Crippen LogP contribution < -0.4 is 19.5 Å². The second kappa shape index (κ2) is 14.2. The molecule has 0 aliphatic carbocycles. The zero-order valence-corrected chi connectivity index (χ0v) is 20.8. The van der Waals surface area contributed by atoms with E-state index in [1.807, 2.05) is 42.2 Å². The van der Waals surface area contributed by atoms with Crippen LogP contribution >= 0.6 is 0 Å². The number of rotatable bonds is 13. The first-order valence-corrected chi connectivity index (χ1v) is 12.5. The monoisotopic (exact) mass is 483 g/mol. The van der Waals surface area contributed by atoms with Crippen molar-refractivity contribution in [3.8, 4) is 17.2 Å². The van der Waals surface area contributed by atoms with Crippen molar-refractivity contribution in [2.24, 2.45) is 0 Å². The molecule has 2 amide bonds. The van der Waals surface area contributed by atoms with Gasteiger partial charge in [-0.3, -0.25) is 14.5 Å². The fourth-order valence-corrected chi connectivity index (χ4v) is 3.81. The molecule has 8 nitrogen and oxygen atoms in total. The molecule has 35 heavy (non-hydrogen) atoms. The summed E-state index contributed by atoms with van der Waals surface area (Å²) in [4.78, 5) is 29.1. The Labute approximate surface area is 208 Å². The summed E-state index contributed by atoms with van der Waals surface area (Å²) in [6, 6.07) is 14.9. The Hall–Kier alpha value is -3.26. The van der Waals surface area contributed by atoms with Gasteiger partial charge >= 0.3 is 0 Å². The molecule has 1 heterocycles. The van der Waals surface area contributed by atoms with Crippen molar-refractivity contribution in [3.63, 3.8) is 0 Å². The second-order valence-electron chi connectivity index (χ2n) is 8.38. The van der Waals surface area contributed by atoms with E-state index in [1.54, 1.807) is 18.2 Å². The van der Waals surface area contributed by atoms with Crippen LogP contribution in [-0.4, -0.2) is 80.7 Å². The molecule has 0 saturated carbocycles. The van der Waals surface area contributed by atoms with Crippen LogP contribution in [-0.2, 0) is 4.79 Å². The predicted molar refractivity (Wildman–Crippen MR) is 135 cm³/mol. The predicted octanol–water partition coefficient (Wildman–Crippen LogP) is 3.22. The lowest BCUT2D eigenvalue weighted by Crippen LogP contribution is -2.51. The van der Waals surface area contributed by atoms with Crippen LogP contribution in [0.25, 0.3) is 0 Å². The van der Waals surface area contributed by atoms with Crippen LogP contribution in [0.3, 0.4) is 0 Å². The third kappa shape index (κ3) is 8.47. The minimum atomic E-state index is -0.0445. The highest BCUT2D eigenvalue weighted by atomic mass is 16.5. The van der Waals surface area contributed by atoms with E-state index in [0.29, 0.717) is 69.6 Å². The lowest BCUT2D eigenvalue weighted by molar-refractivity contribution is -0.122. The first-order chi connectivity index (χ1) is 17.1. The molecule has 2 aromatic carbocycles. The lowest BCUT2D eigenvalue weighted by Gasteiger charge is -2.34. The Morgan fingerprint density at radius 1 is 0.886 bits per heavy atom. The Morgan fingerprint density at radius 2 is 1.63 bits per heavy atom. The Kier molecular flexibility index (Phi) is 10.7. The number of amides is 2. The molecule has 190 valence electrons. The lowest BCUT2D eigenvalue weighted by atomic mass is 10.1. The summed E-state index contributed by atoms with van der Waals surface area (Å²) in [6.45, 7) is 8.83. The standard InChI is InChI=1S/C27H37N3O5/c1-3-5-13-28-26(31)21-29-14-16-30(17-15-29)27(32)22-11-12-24(25(20-22)33-4-2)35-19-18-34-23-9-7-6-8-10-23/h6-12,20H,3-5,13-19,21H2,1-2H3,(H,28,31). The molecule has 3 rings (SSSR count). The average Bonchev–Trinajstić information content (AvgIpc) is 2.88. The van der Waals surface area contributed by atoms with Gasteiger partial charge in [0.15, 0.2) is 11.5 Å². The van der Waals surface area contributed by atoms with Gasteiger partial charge < -0.3 is 24.4 Å². The number of nitrogens with zero attached hydrogens (tertiary/aromatic N) is 2. The van der Waals surface area contributed by atoms with Crippen LogP contribution in [0.15, 0.2) is 48.5 Å². The third-order valence-electron chi connectivity index (χ3n) is 5.72. The number of piperazine rings is 1. The zero-order chi connectivity index (χ0) is 24.9. The molecule has 0 aromatic heterocycles. The first kappa shape index (κ1) is 26.3. The first-order valence-electron chi connectivity index (χ1n) is 12.5. The molecular weight excluding hydrogens is 446 g/mol. The fraction of sp³-hybridized carbons (Fsp3) is 0.481. The van der Waals surface area contributed by atoms with Gasteiger partial charge in [0.05, 0.1) is 13.2 Å². The number of nitrogens with one attached hydrogen (secondary N) is 1. The van der Waals surface area contributed by atoms with E-state index in [-0.39, 0.29) is 11.8 Å². The molecule has 8 heteroatoms. The number of carbonyl (C=O) groups is 2. The van der Waals surface area contributed by atoms with Crippen LogP contribution in [0.1, 0.15) is 37.0 Å². The summed E-state index contributed by atoms with van der Waals surface area (Å²) in [5.74, 6) is 1.92. The van der Waals surface area contributed by atoms with Gasteiger partial charge in [0.2, 0.25) is 5.91 Å². The molecule has 1 saturated heterocycles. The highest BCUT2D eigenvalue weighted by molar-refractivity contribution is 5.95. The zero-order valence-electron chi connectivity index (χ0n) is 20.8. The van der Waals surface area contributed by atoms with Crippen molar-refractivity contribution in [2.75, 3.05) is 59.1 Å². The quantitative estimate of drug-likeness (QED) is 0.441. The van der Waals surface area contributed by atoms with Gasteiger partial charge in [-0.25, -0.2) is 0 Å². The highest BCUT2D eigenvalue weighted by Crippen LogP contribution is 2.29. The highest BCUT2D eigenvalue weighted by Gasteiger charge is 2.24. The Morgan fingerprint density at radius 3 is 2.34 bits per heavy atom. The number of para-hydroxylation sites is 1. The molecule has 1 fully saturated rings. The van der Waals surface area contributed by atoms with Gasteiger partial charge in [0.1, 0.15) is 19.0 Å². The van der Waals surface area contributed by atoms with Crippen molar-refractivity contribution in [3.05, 3.63) is 54.1 Å². The van der Waals surface area contributed by atoms with Crippen molar-refractivity contribution in [1.82, 2.24) is 15.1 Å². The Bertz CT molecular complexity index is 930. The summed E-state index contributed by atoms with van der Waals surface area (Å²) >= 11 is 0. The normalized spacial score (nSPS) is 13.8. The van der Waals surface area contributed by atoms with Crippen molar-refractivity contribution < 1.29 is 23.8 Å². The van der Waals surface area contributed by atoms with Crippen LogP contribution in [0, 0.1) is 0 Å². The number of carbonyl (C=O) groups excluding carboxylic acids is 2. The molecule has 1 aliphatic rings. The molecule has 1 aliphatic heterocycles. The topological polar surface area (TPSA) is 80.3 Å². The largest absolute Gasteiger partial charge is 0.490 e. The average molecular weight is 484 g/mol. The molecule has 0 unspecified atom stereocenters. The third-order valence-corrected chi connectivity index (χ3v) is 5.72. The minimum Gasteiger partial charge on any atom is -0.490 e. The van der Waals surface area contributed by atoms with Gasteiger partial charge in [-0.2, -0.15) is 0 Å². The summed E-state index contributed by atoms with van der Waals surface area (Å²) < 4.78 is 17.3. The Balaban J connectivity index is 1.49. The molecule has 0 spiro atoms. The summed E-state index contributed by atoms with van der Waals surface area (Å²) in [5, 5.41) is 2.95. The van der Waals surface area contributed by atoms with Crippen molar-refractivity contribution >= 4 is 11.8 Å². The fourth-order valence-electron chi connectivity index (χ4n) is 3.81. The molecule has 0 bridgehead atoms. The molecule has 0 radical (unpaired) electrons. The van der Waals surface area contributed by atoms with Gasteiger partial charge in [-0.05, 0) is 43.7 Å². The van der Waals surface area contributed by atoms with Gasteiger partial charge in [0.25, 0.3) is 5.91 Å². The maximum atomic E-state index is 13.1. The number of unbranched alkanes of at least 4 members (excludes halogenated alkanes) is 1. The van der Waals surface area contributed by atoms with E-state index < -0.39 is 0 Å². The number of hydrogen-bond acceptors (Lipinski definition) is 6. The van der Waals surface area contributed by atoms with E-state index in [1.165, 1.54) is 0 Å². The molecular formula is C27H37N3O5. The molecule has 0 atom stereocenters. The smallest absolute Gasteiger partial charge is 0.254 e. The maximum Gasteiger partial charge on any atom is 0.254 e. The van der Waals surface area contributed by atoms with E-state index in [4.69, 9.17) is 14.2 Å². The number of hydrogen-bond donors (Lipinski definition) is 1. The minimum absolute atomic E-state index is 0.0445. The van der Waals surface area contributed by atoms with E-state index in [2.05, 4.69) is 17.1 Å². The van der Waals surface area contributed by atoms with Gasteiger partial charge in [-0.1, -0.05) is 31.5 Å². The van der Waals surface area contributed by atoms with Gasteiger partial charge in [-0.15, -0.1) is 0 Å². The van der Waals surface area contributed by atoms with Gasteiger partial charge in [0, 0.05) is 38.3 Å². The maximum absolute atomic E-state index is 13.1. The number of benzene rings is 2. The van der Waals surface area contributed by atoms with E-state index in [9.17, 15) is 9.59 Å². The summed E-state index contributed by atoms with van der Waals surface area (Å²) in [5.41, 5.74) is 0.562.